The van der Waals surface area contributed by atoms with Gasteiger partial charge in [0.25, 0.3) is 5.69 Å². The van der Waals surface area contributed by atoms with Crippen LogP contribution >= 0.6 is 0 Å². The molecule has 8 nitrogen and oxygen atoms in total. The molecule has 1 N–H and O–H groups in total. The van der Waals surface area contributed by atoms with E-state index >= 15 is 0 Å². The van der Waals surface area contributed by atoms with Crippen molar-refractivity contribution in [2.24, 2.45) is 0 Å². The van der Waals surface area contributed by atoms with Gasteiger partial charge in [-0.25, -0.2) is 0 Å². The third-order valence-electron chi connectivity index (χ3n) is 7.76. The molecule has 0 radical (unpaired) electrons. The van der Waals surface area contributed by atoms with Gasteiger partial charge in [0, 0.05) is 6.42 Å². The van der Waals surface area contributed by atoms with E-state index in [1.807, 2.05) is 118 Å². The lowest BCUT2D eigenvalue weighted by Gasteiger charge is -2.36. The van der Waals surface area contributed by atoms with Gasteiger partial charge in [-0.05, 0) is 71.6 Å². The fourth-order valence-corrected chi connectivity index (χ4v) is 5.38. The summed E-state index contributed by atoms with van der Waals surface area (Å²) in [6, 6.07) is 37.0. The van der Waals surface area contributed by atoms with Crippen LogP contribution in [0.2, 0.25) is 0 Å². The van der Waals surface area contributed by atoms with Crippen LogP contribution in [0.1, 0.15) is 54.2 Å². The average molecular weight is 636 g/mol. The highest BCUT2D eigenvalue weighted by Gasteiger charge is 2.38. The summed E-state index contributed by atoms with van der Waals surface area (Å²) in [5.74, 6) is 2.31. The largest absolute Gasteiger partial charge is 0.497 e. The number of hydrogen-bond donors (Lipinski definition) is 1. The molecule has 0 aliphatic carbocycles. The molecule has 0 aliphatic rings. The zero-order valence-corrected chi connectivity index (χ0v) is 27.4. The van der Waals surface area contributed by atoms with Gasteiger partial charge in [-0.3, -0.25) is 10.1 Å². The van der Waals surface area contributed by atoms with E-state index in [1.165, 1.54) is 12.1 Å². The van der Waals surface area contributed by atoms with Crippen molar-refractivity contribution in [2.75, 3.05) is 20.8 Å². The number of methoxy groups -OCH3 is 2. The number of benzene rings is 5. The molecule has 1 atom stereocenters. The lowest BCUT2D eigenvalue weighted by Crippen LogP contribution is -2.33. The van der Waals surface area contributed by atoms with Gasteiger partial charge in [-0.2, -0.15) is 0 Å². The Morgan fingerprint density at radius 3 is 1.77 bits per heavy atom. The first-order valence-electron chi connectivity index (χ1n) is 15.5. The lowest BCUT2D eigenvalue weighted by atomic mass is 9.80. The minimum Gasteiger partial charge on any atom is -0.497 e. The summed E-state index contributed by atoms with van der Waals surface area (Å²) in [5.41, 5.74) is 2.34. The molecule has 0 bridgehead atoms. The van der Waals surface area contributed by atoms with E-state index in [2.05, 4.69) is 0 Å². The number of nitro groups is 1. The fraction of sp³-hybridized carbons (Fsp3) is 0.231. The molecule has 47 heavy (non-hydrogen) atoms. The number of hydrogen-bond acceptors (Lipinski definition) is 7. The van der Waals surface area contributed by atoms with Gasteiger partial charge < -0.3 is 24.1 Å². The van der Waals surface area contributed by atoms with E-state index in [9.17, 15) is 15.2 Å². The molecule has 5 rings (SSSR count). The number of para-hydroxylation sites is 1. The van der Waals surface area contributed by atoms with Crippen LogP contribution in [0.4, 0.5) is 5.69 Å². The summed E-state index contributed by atoms with van der Waals surface area (Å²) < 4.78 is 23.5. The molecule has 0 heterocycles. The standard InChI is InChI=1S/C37H35NO7.C2H6/c1-26-9-7-8-12-36(26)45-32-21-22-33(34(25-32)38(40)41)35(39)23-24-44-37(27-10-5-4-6-11-27,28-13-17-30(42-2)18-14-28)29-15-19-31(43-3)20-16-29;1-2/h4-22,25,35,39H,23-24H2,1-3H3;1-2H3. The SMILES string of the molecule is CC.COc1ccc(C(OCCC(O)c2ccc(Oc3ccccc3C)cc2[N+](=O)[O-])(c2ccccc2)c2ccc(OC)cc2)cc1. The van der Waals surface area contributed by atoms with Gasteiger partial charge in [0.15, 0.2) is 0 Å². The minimum atomic E-state index is -1.17. The Balaban J connectivity index is 0.00000245. The molecule has 5 aromatic carbocycles. The number of nitrogens with zero attached hydrogens (tertiary/aromatic N) is 1. The Labute approximate surface area is 276 Å². The minimum absolute atomic E-state index is 0.0761. The molecule has 1 unspecified atom stereocenters. The molecular weight excluding hydrogens is 594 g/mol. The normalized spacial score (nSPS) is 11.5. The molecule has 0 aromatic heterocycles. The maximum absolute atomic E-state index is 12.1. The van der Waals surface area contributed by atoms with Gasteiger partial charge >= 0.3 is 0 Å². The predicted molar refractivity (Wildman–Crippen MR) is 184 cm³/mol. The van der Waals surface area contributed by atoms with E-state index in [0.717, 1.165) is 22.3 Å². The maximum Gasteiger partial charge on any atom is 0.278 e. The molecule has 0 amide bonds. The zero-order valence-electron chi connectivity index (χ0n) is 27.4. The highest BCUT2D eigenvalue weighted by Crippen LogP contribution is 2.42. The predicted octanol–water partition coefficient (Wildman–Crippen LogP) is 9.17. The summed E-state index contributed by atoms with van der Waals surface area (Å²) in [6.45, 7) is 5.97. The van der Waals surface area contributed by atoms with Gasteiger partial charge in [-0.1, -0.05) is 86.6 Å². The second-order valence-corrected chi connectivity index (χ2v) is 10.5. The number of aliphatic hydroxyl groups is 1. The molecule has 0 spiro atoms. The monoisotopic (exact) mass is 635 g/mol. The van der Waals surface area contributed by atoms with E-state index in [0.29, 0.717) is 23.0 Å². The molecule has 8 heteroatoms. The van der Waals surface area contributed by atoms with Crippen LogP contribution in [-0.4, -0.2) is 30.9 Å². The van der Waals surface area contributed by atoms with Gasteiger partial charge in [-0.15, -0.1) is 0 Å². The van der Waals surface area contributed by atoms with Crippen LogP contribution in [0, 0.1) is 17.0 Å². The molecular formula is C39H41NO7. The first-order chi connectivity index (χ1) is 22.8. The highest BCUT2D eigenvalue weighted by molar-refractivity contribution is 5.51. The first kappa shape index (κ1) is 34.7. The van der Waals surface area contributed by atoms with Crippen molar-refractivity contribution < 1.29 is 29.0 Å². The number of rotatable bonds is 13. The Morgan fingerprint density at radius 2 is 1.23 bits per heavy atom. The van der Waals surface area contributed by atoms with Crippen LogP contribution < -0.4 is 14.2 Å². The van der Waals surface area contributed by atoms with Crippen molar-refractivity contribution in [1.82, 2.24) is 0 Å². The number of aliphatic hydroxyl groups excluding tert-OH is 1. The van der Waals surface area contributed by atoms with Crippen LogP contribution in [-0.2, 0) is 10.3 Å². The Kier molecular flexibility index (Phi) is 12.1. The smallest absolute Gasteiger partial charge is 0.278 e. The molecule has 0 aliphatic heterocycles. The topological polar surface area (TPSA) is 100 Å². The molecule has 0 saturated heterocycles. The Hall–Kier alpha value is -5.18. The third kappa shape index (κ3) is 7.98. The van der Waals surface area contributed by atoms with Crippen molar-refractivity contribution in [3.63, 3.8) is 0 Å². The highest BCUT2D eigenvalue weighted by atomic mass is 16.6. The van der Waals surface area contributed by atoms with E-state index in [1.54, 1.807) is 26.4 Å². The Bertz CT molecular complexity index is 1670. The van der Waals surface area contributed by atoms with Crippen LogP contribution in [0.3, 0.4) is 0 Å². The van der Waals surface area contributed by atoms with Crippen LogP contribution in [0.25, 0.3) is 0 Å². The summed E-state index contributed by atoms with van der Waals surface area (Å²) >= 11 is 0. The summed E-state index contributed by atoms with van der Waals surface area (Å²) in [4.78, 5) is 11.6. The number of aryl methyl sites for hydroxylation is 1. The molecule has 5 aromatic rings. The van der Waals surface area contributed by atoms with Crippen LogP contribution in [0.5, 0.6) is 23.0 Å². The Morgan fingerprint density at radius 1 is 0.723 bits per heavy atom. The quantitative estimate of drug-likeness (QED) is 0.0782. The van der Waals surface area contributed by atoms with Crippen molar-refractivity contribution in [1.29, 1.82) is 0 Å². The lowest BCUT2D eigenvalue weighted by molar-refractivity contribution is -0.386. The summed E-state index contributed by atoms with van der Waals surface area (Å²) in [5, 5.41) is 23.3. The molecule has 0 saturated carbocycles. The van der Waals surface area contributed by atoms with Crippen LogP contribution in [0.15, 0.2) is 121 Å². The number of ether oxygens (including phenoxy) is 4. The fourth-order valence-electron chi connectivity index (χ4n) is 5.38. The second kappa shape index (κ2) is 16.4. The number of nitro benzene ring substituents is 1. The van der Waals surface area contributed by atoms with E-state index in [-0.39, 0.29) is 24.3 Å². The van der Waals surface area contributed by atoms with E-state index < -0.39 is 16.6 Å². The third-order valence-corrected chi connectivity index (χ3v) is 7.76. The summed E-state index contributed by atoms with van der Waals surface area (Å²) in [7, 11) is 3.22. The second-order valence-electron chi connectivity index (χ2n) is 10.5. The van der Waals surface area contributed by atoms with Gasteiger partial charge in [0.05, 0.1) is 43.5 Å². The van der Waals surface area contributed by atoms with Gasteiger partial charge in [0.1, 0.15) is 28.6 Å². The van der Waals surface area contributed by atoms with Gasteiger partial charge in [0.2, 0.25) is 0 Å². The zero-order chi connectivity index (χ0) is 33.8. The molecule has 0 fully saturated rings. The first-order valence-corrected chi connectivity index (χ1v) is 15.5. The molecule has 244 valence electrons. The van der Waals surface area contributed by atoms with Crippen molar-refractivity contribution in [3.05, 3.63) is 159 Å². The van der Waals surface area contributed by atoms with E-state index in [4.69, 9.17) is 18.9 Å². The van der Waals surface area contributed by atoms with Crippen molar-refractivity contribution in [3.8, 4) is 23.0 Å². The average Bonchev–Trinajstić information content (AvgIpc) is 3.12. The maximum atomic E-state index is 12.1. The van der Waals surface area contributed by atoms with Crippen molar-refractivity contribution >= 4 is 5.69 Å². The van der Waals surface area contributed by atoms with Crippen molar-refractivity contribution in [2.45, 2.75) is 38.9 Å². The summed E-state index contributed by atoms with van der Waals surface area (Å²) in [6.07, 6.45) is -1.07.